The van der Waals surface area contributed by atoms with Gasteiger partial charge in [0, 0.05) is 26.6 Å². The summed E-state index contributed by atoms with van der Waals surface area (Å²) in [4.78, 5) is 15.1. The summed E-state index contributed by atoms with van der Waals surface area (Å²) < 4.78 is 7.45. The number of halogens is 1. The minimum atomic E-state index is -1.15. The number of nitro groups is 1. The van der Waals surface area contributed by atoms with Crippen LogP contribution in [0.3, 0.4) is 0 Å². The number of hydrogen-bond acceptors (Lipinski definition) is 5. The zero-order valence-electron chi connectivity index (χ0n) is 15.2. The highest BCUT2D eigenvalue weighted by atomic mass is 35.5. The molecule has 25 heavy (non-hydrogen) atoms. The minimum Gasteiger partial charge on any atom is -0.360 e. The van der Waals surface area contributed by atoms with Gasteiger partial charge in [-0.25, -0.2) is 9.67 Å². The van der Waals surface area contributed by atoms with Crippen LogP contribution in [-0.2, 0) is 11.5 Å². The van der Waals surface area contributed by atoms with E-state index in [2.05, 4.69) is 29.7 Å². The average Bonchev–Trinajstić information content (AvgIpc) is 2.76. The Morgan fingerprint density at radius 1 is 1.36 bits per heavy atom. The first-order chi connectivity index (χ1) is 11.6. The Balaban J connectivity index is 2.29. The van der Waals surface area contributed by atoms with E-state index < -0.39 is 13.0 Å². The summed E-state index contributed by atoms with van der Waals surface area (Å²) in [5.74, 6) is 0. The van der Waals surface area contributed by atoms with Crippen molar-refractivity contribution in [3.8, 4) is 11.3 Å². The van der Waals surface area contributed by atoms with Gasteiger partial charge in [0.2, 0.25) is 0 Å². The lowest BCUT2D eigenvalue weighted by atomic mass is 10.1. The summed E-state index contributed by atoms with van der Waals surface area (Å²) in [5, 5.41) is 15.9. The van der Waals surface area contributed by atoms with E-state index in [1.165, 1.54) is 12.3 Å². The Morgan fingerprint density at radius 3 is 2.64 bits per heavy atom. The number of ether oxygens (including phenoxy) is 1. The molecule has 2 aromatic rings. The van der Waals surface area contributed by atoms with E-state index in [1.54, 1.807) is 11.6 Å². The Labute approximate surface area is 153 Å². The van der Waals surface area contributed by atoms with Crippen molar-refractivity contribution in [2.24, 2.45) is 0 Å². The molecule has 0 saturated carbocycles. The molecule has 2 aromatic heterocycles. The topological polar surface area (TPSA) is 83.1 Å². The third-order valence-electron chi connectivity index (χ3n) is 3.89. The fourth-order valence-corrected chi connectivity index (χ4v) is 3.45. The molecule has 2 heterocycles. The molecule has 0 saturated heterocycles. The molecule has 0 fully saturated rings. The lowest BCUT2D eigenvalue weighted by molar-refractivity contribution is -0.384. The molecule has 0 radical (unpaired) electrons. The predicted molar refractivity (Wildman–Crippen MR) is 101 cm³/mol. The van der Waals surface area contributed by atoms with Crippen LogP contribution in [0, 0.1) is 24.0 Å². The van der Waals surface area contributed by atoms with E-state index >= 15 is 0 Å². The number of rotatable bonds is 7. The van der Waals surface area contributed by atoms with Crippen LogP contribution in [-0.4, -0.2) is 34.4 Å². The molecule has 0 aliphatic heterocycles. The van der Waals surface area contributed by atoms with Crippen LogP contribution in [0.2, 0.25) is 30.7 Å². The average molecular weight is 383 g/mol. The van der Waals surface area contributed by atoms with Crippen molar-refractivity contribution in [3.05, 3.63) is 38.8 Å². The summed E-state index contributed by atoms with van der Waals surface area (Å²) >= 11 is 6.00. The van der Waals surface area contributed by atoms with E-state index in [9.17, 15) is 10.1 Å². The smallest absolute Gasteiger partial charge is 0.314 e. The second kappa shape index (κ2) is 7.63. The van der Waals surface area contributed by atoms with E-state index in [0.29, 0.717) is 24.6 Å². The van der Waals surface area contributed by atoms with E-state index in [-0.39, 0.29) is 16.4 Å². The first-order valence-corrected chi connectivity index (χ1v) is 12.1. The van der Waals surface area contributed by atoms with Crippen LogP contribution in [0.4, 0.5) is 5.69 Å². The standard InChI is InChI=1S/C16H23ClN4O3Si/c1-11-14(15-16(21(22)23)13(17)6-7-18-15)12(2)20(19-11)10-24-8-9-25(3,4)5/h6-7H,8-10H2,1-5H3. The fraction of sp³-hybridized carbons (Fsp3) is 0.500. The highest BCUT2D eigenvalue weighted by molar-refractivity contribution is 6.76. The monoisotopic (exact) mass is 382 g/mol. The maximum atomic E-state index is 11.4. The molecular formula is C16H23ClN4O3Si. The van der Waals surface area contributed by atoms with Crippen molar-refractivity contribution in [2.45, 2.75) is 46.3 Å². The molecular weight excluding hydrogens is 360 g/mol. The van der Waals surface area contributed by atoms with Crippen LogP contribution < -0.4 is 0 Å². The van der Waals surface area contributed by atoms with Gasteiger partial charge in [0.25, 0.3) is 0 Å². The van der Waals surface area contributed by atoms with Crippen molar-refractivity contribution in [2.75, 3.05) is 6.61 Å². The maximum absolute atomic E-state index is 11.4. The summed E-state index contributed by atoms with van der Waals surface area (Å²) in [7, 11) is -1.15. The Morgan fingerprint density at radius 2 is 2.04 bits per heavy atom. The summed E-state index contributed by atoms with van der Waals surface area (Å²) in [6.45, 7) is 11.5. The molecule has 0 aliphatic rings. The predicted octanol–water partition coefficient (Wildman–Crippen LogP) is 4.44. The summed E-state index contributed by atoms with van der Waals surface area (Å²) in [6.07, 6.45) is 1.46. The minimum absolute atomic E-state index is 0.0629. The second-order valence-corrected chi connectivity index (χ2v) is 13.2. The summed E-state index contributed by atoms with van der Waals surface area (Å²) in [6, 6.07) is 2.48. The van der Waals surface area contributed by atoms with Gasteiger partial charge in [0.15, 0.2) is 5.69 Å². The third-order valence-corrected chi connectivity index (χ3v) is 5.89. The third kappa shape index (κ3) is 4.65. The largest absolute Gasteiger partial charge is 0.360 e. The van der Waals surface area contributed by atoms with Crippen molar-refractivity contribution in [1.29, 1.82) is 0 Å². The molecule has 0 unspecified atom stereocenters. The van der Waals surface area contributed by atoms with E-state index in [1.807, 2.05) is 6.92 Å². The Bertz CT molecular complexity index is 786. The van der Waals surface area contributed by atoms with E-state index in [4.69, 9.17) is 16.3 Å². The van der Waals surface area contributed by atoms with Gasteiger partial charge in [0.1, 0.15) is 11.8 Å². The maximum Gasteiger partial charge on any atom is 0.314 e. The van der Waals surface area contributed by atoms with Gasteiger partial charge < -0.3 is 4.74 Å². The van der Waals surface area contributed by atoms with Crippen LogP contribution in [0.15, 0.2) is 12.3 Å². The number of pyridine rings is 1. The second-order valence-electron chi connectivity index (χ2n) is 7.14. The zero-order valence-corrected chi connectivity index (χ0v) is 16.9. The van der Waals surface area contributed by atoms with Crippen LogP contribution in [0.5, 0.6) is 0 Å². The van der Waals surface area contributed by atoms with Gasteiger partial charge >= 0.3 is 5.69 Å². The molecule has 0 aromatic carbocycles. The number of hydrogen-bond donors (Lipinski definition) is 0. The normalized spacial score (nSPS) is 11.8. The molecule has 2 rings (SSSR count). The lowest BCUT2D eigenvalue weighted by Gasteiger charge is -2.15. The molecule has 0 bridgehead atoms. The van der Waals surface area contributed by atoms with Crippen LogP contribution in [0.1, 0.15) is 11.4 Å². The molecule has 0 spiro atoms. The van der Waals surface area contributed by atoms with Crippen LogP contribution in [0.25, 0.3) is 11.3 Å². The Hall–Kier alpha value is -1.77. The first-order valence-electron chi connectivity index (χ1n) is 8.03. The van der Waals surface area contributed by atoms with Gasteiger partial charge in [-0.1, -0.05) is 31.2 Å². The van der Waals surface area contributed by atoms with Crippen molar-refractivity contribution >= 4 is 25.4 Å². The van der Waals surface area contributed by atoms with Gasteiger partial charge in [0.05, 0.1) is 16.2 Å². The molecule has 0 aliphatic carbocycles. The lowest BCUT2D eigenvalue weighted by Crippen LogP contribution is -2.22. The fourth-order valence-electron chi connectivity index (χ4n) is 2.48. The van der Waals surface area contributed by atoms with Crippen molar-refractivity contribution in [1.82, 2.24) is 14.8 Å². The van der Waals surface area contributed by atoms with Gasteiger partial charge in [-0.05, 0) is 26.0 Å². The first kappa shape index (κ1) is 19.6. The number of aryl methyl sites for hydroxylation is 1. The highest BCUT2D eigenvalue weighted by Crippen LogP contribution is 2.36. The van der Waals surface area contributed by atoms with Crippen LogP contribution >= 0.6 is 11.6 Å². The van der Waals surface area contributed by atoms with E-state index in [0.717, 1.165) is 11.7 Å². The molecule has 0 amide bonds. The SMILES string of the molecule is Cc1nn(COCC[Si](C)(C)C)c(C)c1-c1nccc(Cl)c1[N+](=O)[O-]. The number of nitrogens with zero attached hydrogens (tertiary/aromatic N) is 4. The van der Waals surface area contributed by atoms with Crippen molar-refractivity contribution < 1.29 is 9.66 Å². The molecule has 9 heteroatoms. The summed E-state index contributed by atoms with van der Waals surface area (Å²) in [5.41, 5.74) is 2.09. The molecule has 7 nitrogen and oxygen atoms in total. The zero-order chi connectivity index (χ0) is 18.8. The Kier molecular flexibility index (Phi) is 5.97. The molecule has 0 N–H and O–H groups in total. The van der Waals surface area contributed by atoms with Gasteiger partial charge in [-0.3, -0.25) is 10.1 Å². The quantitative estimate of drug-likeness (QED) is 0.306. The molecule has 0 atom stereocenters. The van der Waals surface area contributed by atoms with Gasteiger partial charge in [-0.15, -0.1) is 0 Å². The molecule has 136 valence electrons. The van der Waals surface area contributed by atoms with Gasteiger partial charge in [-0.2, -0.15) is 5.10 Å². The van der Waals surface area contributed by atoms with Crippen molar-refractivity contribution in [3.63, 3.8) is 0 Å². The number of aromatic nitrogens is 3. The highest BCUT2D eigenvalue weighted by Gasteiger charge is 2.26.